The lowest BCUT2D eigenvalue weighted by Gasteiger charge is -2.36. The maximum Gasteiger partial charge on any atom is 0.323 e. The normalized spacial score (nSPS) is 13.6. The van der Waals surface area contributed by atoms with E-state index in [1.807, 2.05) is 53.4 Å². The van der Waals surface area contributed by atoms with Crippen LogP contribution in [0.5, 0.6) is 0 Å². The molecule has 1 saturated heterocycles. The number of nitrogens with one attached hydrogen (secondary N) is 2. The summed E-state index contributed by atoms with van der Waals surface area (Å²) in [4.78, 5) is 29.0. The molecule has 1 heterocycles. The lowest BCUT2D eigenvalue weighted by atomic mass is 10.0. The van der Waals surface area contributed by atoms with E-state index in [2.05, 4.69) is 29.4 Å². The Bertz CT molecular complexity index is 1140. The van der Waals surface area contributed by atoms with Crippen molar-refractivity contribution in [2.24, 2.45) is 0 Å². The number of rotatable bonds is 6. The summed E-state index contributed by atoms with van der Waals surface area (Å²) in [5.41, 5.74) is 4.54. The molecule has 0 radical (unpaired) electrons. The van der Waals surface area contributed by atoms with Crippen LogP contribution in [0.15, 0.2) is 72.8 Å². The van der Waals surface area contributed by atoms with Crippen LogP contribution in [0.2, 0.25) is 0 Å². The molecule has 4 rings (SSSR count). The smallest absolute Gasteiger partial charge is 0.323 e. The van der Waals surface area contributed by atoms with Gasteiger partial charge in [0.15, 0.2) is 0 Å². The number of nitrogens with zero attached hydrogens (tertiary/aromatic N) is 2. The highest BCUT2D eigenvalue weighted by Crippen LogP contribution is 2.21. The molecule has 0 aromatic heterocycles. The fourth-order valence-electron chi connectivity index (χ4n) is 4.10. The van der Waals surface area contributed by atoms with Gasteiger partial charge in [-0.15, -0.1) is 0 Å². The van der Waals surface area contributed by atoms with Crippen LogP contribution >= 0.6 is 0 Å². The zero-order chi connectivity index (χ0) is 24.8. The maximum absolute atomic E-state index is 13.1. The largest absolute Gasteiger partial charge is 0.368 e. The predicted molar refractivity (Wildman–Crippen MR) is 139 cm³/mol. The summed E-state index contributed by atoms with van der Waals surface area (Å²) in [6, 6.07) is 21.3. The number of hydrogen-bond donors (Lipinski definition) is 2. The standard InChI is InChI=1S/C28H31FN4O2/c1-20(2)22-5-9-24(10-6-22)30-28(35)31-25-11-13-26(14-12-25)32-15-17-33(18-16-32)27(34)19-21-3-7-23(29)8-4-21/h3-14,20H,15-19H2,1-2H3,(H2,30,31,35). The molecule has 182 valence electrons. The highest BCUT2D eigenvalue weighted by atomic mass is 19.1. The van der Waals surface area contributed by atoms with Crippen molar-refractivity contribution in [2.45, 2.75) is 26.2 Å². The third-order valence-corrected chi connectivity index (χ3v) is 6.23. The second-order valence-electron chi connectivity index (χ2n) is 9.07. The van der Waals surface area contributed by atoms with Gasteiger partial charge in [0.2, 0.25) is 5.91 Å². The summed E-state index contributed by atoms with van der Waals surface area (Å²) in [7, 11) is 0. The number of urea groups is 1. The molecular formula is C28H31FN4O2. The van der Waals surface area contributed by atoms with E-state index in [1.54, 1.807) is 12.1 Å². The highest BCUT2D eigenvalue weighted by molar-refractivity contribution is 5.99. The highest BCUT2D eigenvalue weighted by Gasteiger charge is 2.21. The third kappa shape index (κ3) is 6.59. The number of carbonyl (C=O) groups excluding carboxylic acids is 2. The van der Waals surface area contributed by atoms with Crippen molar-refractivity contribution in [1.82, 2.24) is 4.90 Å². The van der Waals surface area contributed by atoms with Gasteiger partial charge in [0, 0.05) is 43.2 Å². The molecule has 1 fully saturated rings. The van der Waals surface area contributed by atoms with Crippen molar-refractivity contribution in [3.63, 3.8) is 0 Å². The van der Waals surface area contributed by atoms with Crippen LogP contribution in [-0.4, -0.2) is 43.0 Å². The SMILES string of the molecule is CC(C)c1ccc(NC(=O)Nc2ccc(N3CCN(C(=O)Cc4ccc(F)cc4)CC3)cc2)cc1. The molecule has 3 aromatic carbocycles. The predicted octanol–water partition coefficient (Wildman–Crippen LogP) is 5.48. The van der Waals surface area contributed by atoms with Crippen LogP contribution in [0, 0.1) is 5.82 Å². The third-order valence-electron chi connectivity index (χ3n) is 6.23. The Morgan fingerprint density at radius 1 is 0.800 bits per heavy atom. The number of halogens is 1. The average Bonchev–Trinajstić information content (AvgIpc) is 2.86. The van der Waals surface area contributed by atoms with E-state index in [9.17, 15) is 14.0 Å². The monoisotopic (exact) mass is 474 g/mol. The van der Waals surface area contributed by atoms with Gasteiger partial charge in [0.05, 0.1) is 6.42 Å². The van der Waals surface area contributed by atoms with Gasteiger partial charge in [-0.05, 0) is 65.6 Å². The Morgan fingerprint density at radius 2 is 1.34 bits per heavy atom. The summed E-state index contributed by atoms with van der Waals surface area (Å²) >= 11 is 0. The number of benzene rings is 3. The molecule has 7 heteroatoms. The minimum atomic E-state index is -0.298. The van der Waals surface area contributed by atoms with Crippen LogP contribution in [0.1, 0.15) is 30.9 Å². The van der Waals surface area contributed by atoms with Gasteiger partial charge in [0.25, 0.3) is 0 Å². The van der Waals surface area contributed by atoms with Gasteiger partial charge >= 0.3 is 6.03 Å². The van der Waals surface area contributed by atoms with Crippen LogP contribution in [0.4, 0.5) is 26.2 Å². The first-order chi connectivity index (χ1) is 16.9. The Hall–Kier alpha value is -3.87. The molecule has 0 saturated carbocycles. The lowest BCUT2D eigenvalue weighted by Crippen LogP contribution is -2.49. The zero-order valence-electron chi connectivity index (χ0n) is 20.1. The summed E-state index contributed by atoms with van der Waals surface area (Å²) in [6.07, 6.45) is 0.282. The van der Waals surface area contributed by atoms with Crippen molar-refractivity contribution in [2.75, 3.05) is 41.7 Å². The Morgan fingerprint density at radius 3 is 1.89 bits per heavy atom. The maximum atomic E-state index is 13.1. The van der Waals surface area contributed by atoms with E-state index < -0.39 is 0 Å². The zero-order valence-corrected chi connectivity index (χ0v) is 20.1. The van der Waals surface area contributed by atoms with Crippen LogP contribution in [0.3, 0.4) is 0 Å². The molecule has 0 bridgehead atoms. The molecule has 2 N–H and O–H groups in total. The van der Waals surface area contributed by atoms with E-state index in [4.69, 9.17) is 0 Å². The van der Waals surface area contributed by atoms with Crippen molar-refractivity contribution in [3.05, 3.63) is 89.7 Å². The van der Waals surface area contributed by atoms with Crippen molar-refractivity contribution >= 4 is 29.0 Å². The number of hydrogen-bond acceptors (Lipinski definition) is 3. The second kappa shape index (κ2) is 11.0. The molecule has 0 unspecified atom stereocenters. The van der Waals surface area contributed by atoms with Gasteiger partial charge in [-0.3, -0.25) is 4.79 Å². The van der Waals surface area contributed by atoms with E-state index in [1.165, 1.54) is 17.7 Å². The van der Waals surface area contributed by atoms with Gasteiger partial charge in [-0.2, -0.15) is 0 Å². The number of amides is 3. The molecule has 1 aliphatic rings. The fourth-order valence-corrected chi connectivity index (χ4v) is 4.10. The minimum Gasteiger partial charge on any atom is -0.368 e. The van der Waals surface area contributed by atoms with Gasteiger partial charge < -0.3 is 20.4 Å². The van der Waals surface area contributed by atoms with Crippen LogP contribution in [-0.2, 0) is 11.2 Å². The van der Waals surface area contributed by atoms with Crippen molar-refractivity contribution < 1.29 is 14.0 Å². The first-order valence-electron chi connectivity index (χ1n) is 11.9. The van der Waals surface area contributed by atoms with Crippen molar-refractivity contribution in [1.29, 1.82) is 0 Å². The van der Waals surface area contributed by atoms with E-state index >= 15 is 0 Å². The second-order valence-corrected chi connectivity index (χ2v) is 9.07. The first kappa shape index (κ1) is 24.3. The number of carbonyl (C=O) groups is 2. The fraction of sp³-hybridized carbons (Fsp3) is 0.286. The van der Waals surface area contributed by atoms with Gasteiger partial charge in [-0.25, -0.2) is 9.18 Å². The quantitative estimate of drug-likeness (QED) is 0.497. The van der Waals surface area contributed by atoms with Gasteiger partial charge in [0.1, 0.15) is 5.82 Å². The molecule has 6 nitrogen and oxygen atoms in total. The topological polar surface area (TPSA) is 64.7 Å². The lowest BCUT2D eigenvalue weighted by molar-refractivity contribution is -0.130. The van der Waals surface area contributed by atoms with Crippen LogP contribution < -0.4 is 15.5 Å². The average molecular weight is 475 g/mol. The number of piperazine rings is 1. The molecule has 0 spiro atoms. The number of anilines is 3. The molecule has 3 aromatic rings. The molecule has 0 aliphatic carbocycles. The van der Waals surface area contributed by atoms with E-state index in [0.717, 1.165) is 30.0 Å². The Labute approximate surface area is 205 Å². The molecule has 1 aliphatic heterocycles. The Balaban J connectivity index is 1.24. The van der Waals surface area contributed by atoms with Gasteiger partial charge in [-0.1, -0.05) is 38.1 Å². The summed E-state index contributed by atoms with van der Waals surface area (Å²) < 4.78 is 13.1. The van der Waals surface area contributed by atoms with E-state index in [-0.39, 0.29) is 24.2 Å². The van der Waals surface area contributed by atoms with E-state index in [0.29, 0.717) is 24.7 Å². The summed E-state index contributed by atoms with van der Waals surface area (Å²) in [5, 5.41) is 5.72. The summed E-state index contributed by atoms with van der Waals surface area (Å²) in [5.74, 6) is 0.204. The van der Waals surface area contributed by atoms with Crippen LogP contribution in [0.25, 0.3) is 0 Å². The molecule has 0 atom stereocenters. The first-order valence-corrected chi connectivity index (χ1v) is 11.9. The summed E-state index contributed by atoms with van der Waals surface area (Å²) in [6.45, 7) is 7.00. The molecule has 35 heavy (non-hydrogen) atoms. The molecular weight excluding hydrogens is 443 g/mol. The molecule has 3 amide bonds. The minimum absolute atomic E-state index is 0.0562. The Kier molecular flexibility index (Phi) is 7.65. The van der Waals surface area contributed by atoms with Crippen molar-refractivity contribution in [3.8, 4) is 0 Å².